The third-order valence-corrected chi connectivity index (χ3v) is 4.83. The van der Waals surface area contributed by atoms with Crippen LogP contribution in [0.4, 0.5) is 14.5 Å². The number of alkyl halides is 2. The smallest absolute Gasteiger partial charge is 0.283 e. The highest BCUT2D eigenvalue weighted by molar-refractivity contribution is 9.10. The summed E-state index contributed by atoms with van der Waals surface area (Å²) in [6.45, 7) is 2.05. The summed E-state index contributed by atoms with van der Waals surface area (Å²) < 4.78 is 29.2. The van der Waals surface area contributed by atoms with E-state index in [1.807, 2.05) is 6.92 Å². The Labute approximate surface area is 155 Å². The lowest BCUT2D eigenvalue weighted by Crippen LogP contribution is -2.23. The first-order valence-electron chi connectivity index (χ1n) is 8.03. The number of hydrogen-bond donors (Lipinski definition) is 2. The zero-order chi connectivity index (χ0) is 19.0. The van der Waals surface area contributed by atoms with Gasteiger partial charge in [-0.05, 0) is 35.7 Å². The van der Waals surface area contributed by atoms with Gasteiger partial charge in [0.05, 0.1) is 15.9 Å². The van der Waals surface area contributed by atoms with E-state index in [0.29, 0.717) is 12.2 Å². The van der Waals surface area contributed by atoms with Gasteiger partial charge in [0.1, 0.15) is 12.2 Å². The van der Waals surface area contributed by atoms with Gasteiger partial charge in [0.2, 0.25) is 5.91 Å². The van der Waals surface area contributed by atoms with Gasteiger partial charge in [0.15, 0.2) is 5.69 Å². The molecule has 26 heavy (non-hydrogen) atoms. The first-order valence-corrected chi connectivity index (χ1v) is 8.82. The van der Waals surface area contributed by atoms with E-state index >= 15 is 0 Å². The number of anilines is 1. The number of hydrogen-bond acceptors (Lipinski definition) is 4. The van der Waals surface area contributed by atoms with Gasteiger partial charge in [-0.3, -0.25) is 19.0 Å². The minimum Gasteiger partial charge on any atom is -0.364 e. The van der Waals surface area contributed by atoms with Crippen molar-refractivity contribution in [1.82, 2.24) is 19.6 Å². The summed E-state index contributed by atoms with van der Waals surface area (Å²) in [4.78, 5) is 23.8. The first kappa shape index (κ1) is 18.5. The summed E-state index contributed by atoms with van der Waals surface area (Å²) in [6, 6.07) is 0. The van der Waals surface area contributed by atoms with Gasteiger partial charge in [-0.1, -0.05) is 0 Å². The van der Waals surface area contributed by atoms with Gasteiger partial charge in [-0.15, -0.1) is 0 Å². The number of aromatic nitrogens is 4. The van der Waals surface area contributed by atoms with Crippen LogP contribution < -0.4 is 11.1 Å². The molecule has 1 aliphatic rings. The number of rotatable bonds is 7. The number of nitrogens with two attached hydrogens (primary N) is 1. The van der Waals surface area contributed by atoms with Crippen LogP contribution in [0.3, 0.4) is 0 Å². The quantitative estimate of drug-likeness (QED) is 0.702. The van der Waals surface area contributed by atoms with Crippen LogP contribution in [0.1, 0.15) is 54.0 Å². The highest BCUT2D eigenvalue weighted by Crippen LogP contribution is 2.45. The average Bonchev–Trinajstić information content (AvgIpc) is 3.22. The molecule has 8 nitrogen and oxygen atoms in total. The van der Waals surface area contributed by atoms with Crippen molar-refractivity contribution in [2.75, 3.05) is 5.32 Å². The summed E-state index contributed by atoms with van der Waals surface area (Å²) in [5.74, 6) is -1.17. The minimum absolute atomic E-state index is 0.0578. The van der Waals surface area contributed by atoms with Crippen molar-refractivity contribution in [2.24, 2.45) is 5.73 Å². The topological polar surface area (TPSA) is 108 Å². The van der Waals surface area contributed by atoms with E-state index in [0.717, 1.165) is 12.8 Å². The molecule has 0 atom stereocenters. The molecular weight excluding hydrogens is 414 g/mol. The lowest BCUT2D eigenvalue weighted by molar-refractivity contribution is -0.117. The molecule has 2 aromatic heterocycles. The molecule has 0 radical (unpaired) electrons. The second kappa shape index (κ2) is 7.14. The van der Waals surface area contributed by atoms with Gasteiger partial charge >= 0.3 is 0 Å². The van der Waals surface area contributed by atoms with E-state index in [1.54, 1.807) is 0 Å². The van der Waals surface area contributed by atoms with Gasteiger partial charge in [0, 0.05) is 18.7 Å². The Morgan fingerprint density at radius 2 is 2.12 bits per heavy atom. The zero-order valence-corrected chi connectivity index (χ0v) is 15.5. The molecule has 3 rings (SSSR count). The van der Waals surface area contributed by atoms with E-state index in [1.165, 1.54) is 15.6 Å². The molecule has 0 aromatic carbocycles. The Morgan fingerprint density at radius 1 is 1.42 bits per heavy atom. The molecule has 3 N–H and O–H groups in total. The van der Waals surface area contributed by atoms with Gasteiger partial charge < -0.3 is 11.1 Å². The predicted molar refractivity (Wildman–Crippen MR) is 91.9 cm³/mol. The number of primary amides is 1. The van der Waals surface area contributed by atoms with E-state index in [4.69, 9.17) is 5.73 Å². The molecule has 140 valence electrons. The summed E-state index contributed by atoms with van der Waals surface area (Å²) in [5.41, 5.74) is 5.60. The maximum atomic E-state index is 13.1. The van der Waals surface area contributed by atoms with E-state index < -0.39 is 18.2 Å². The number of amides is 2. The SMILES string of the molecule is CCn1cc(NC(=O)Cn2nc(C(F)F)c(Br)c2C2CC2)c(C(N)=O)n1. The monoisotopic (exact) mass is 430 g/mol. The predicted octanol–water partition coefficient (Wildman–Crippen LogP) is 2.41. The van der Waals surface area contributed by atoms with Crippen LogP contribution in [-0.4, -0.2) is 31.4 Å². The van der Waals surface area contributed by atoms with Gasteiger partial charge in [0.25, 0.3) is 12.3 Å². The lowest BCUT2D eigenvalue weighted by atomic mass is 10.2. The molecule has 11 heteroatoms. The second-order valence-electron chi connectivity index (χ2n) is 5.98. The summed E-state index contributed by atoms with van der Waals surface area (Å²) in [7, 11) is 0. The maximum absolute atomic E-state index is 13.1. The summed E-state index contributed by atoms with van der Waals surface area (Å²) in [6.07, 6.45) is 0.479. The molecule has 2 aromatic rings. The zero-order valence-electron chi connectivity index (χ0n) is 13.9. The van der Waals surface area contributed by atoms with Crippen LogP contribution in [0, 0.1) is 0 Å². The number of nitrogens with zero attached hydrogens (tertiary/aromatic N) is 4. The number of carbonyl (C=O) groups excluding carboxylic acids is 2. The molecule has 0 saturated heterocycles. The molecule has 0 bridgehead atoms. The molecule has 2 amide bonds. The molecule has 1 aliphatic carbocycles. The normalized spacial score (nSPS) is 14.0. The number of nitrogens with one attached hydrogen (secondary N) is 1. The van der Waals surface area contributed by atoms with Crippen LogP contribution in [0.15, 0.2) is 10.7 Å². The van der Waals surface area contributed by atoms with Crippen LogP contribution in [0.5, 0.6) is 0 Å². The van der Waals surface area contributed by atoms with E-state index in [9.17, 15) is 18.4 Å². The van der Waals surface area contributed by atoms with Crippen molar-refractivity contribution < 1.29 is 18.4 Å². The molecule has 0 unspecified atom stereocenters. The standard InChI is InChI=1S/C15H17BrF2N6O2/c1-2-23-5-8(11(21-23)15(19)26)20-9(25)6-24-13(7-3-4-7)10(16)12(22-24)14(17)18/h5,7,14H,2-4,6H2,1H3,(H2,19,26)(H,20,25). The van der Waals surface area contributed by atoms with Crippen molar-refractivity contribution >= 4 is 33.4 Å². The second-order valence-corrected chi connectivity index (χ2v) is 6.77. The number of carbonyl (C=O) groups is 2. The maximum Gasteiger partial charge on any atom is 0.283 e. The molecule has 0 spiro atoms. The lowest BCUT2D eigenvalue weighted by Gasteiger charge is -2.08. The Morgan fingerprint density at radius 3 is 2.65 bits per heavy atom. The minimum atomic E-state index is -2.74. The Bertz CT molecular complexity index is 859. The Kier molecular flexibility index (Phi) is 5.08. The summed E-state index contributed by atoms with van der Waals surface area (Å²) >= 11 is 3.17. The van der Waals surface area contributed by atoms with Gasteiger partial charge in [-0.2, -0.15) is 10.2 Å². The largest absolute Gasteiger partial charge is 0.364 e. The van der Waals surface area contributed by atoms with Crippen LogP contribution >= 0.6 is 15.9 Å². The first-order chi connectivity index (χ1) is 12.3. The number of halogens is 3. The fourth-order valence-electron chi connectivity index (χ4n) is 2.66. The van der Waals surface area contributed by atoms with Crippen molar-refractivity contribution in [3.63, 3.8) is 0 Å². The van der Waals surface area contributed by atoms with Gasteiger partial charge in [-0.25, -0.2) is 8.78 Å². The van der Waals surface area contributed by atoms with Crippen molar-refractivity contribution in [3.8, 4) is 0 Å². The third-order valence-electron chi connectivity index (χ3n) is 4.01. The van der Waals surface area contributed by atoms with Crippen LogP contribution in [0.2, 0.25) is 0 Å². The molecule has 2 heterocycles. The highest BCUT2D eigenvalue weighted by Gasteiger charge is 2.34. The number of aryl methyl sites for hydroxylation is 1. The van der Waals surface area contributed by atoms with Crippen molar-refractivity contribution in [3.05, 3.63) is 27.8 Å². The fourth-order valence-corrected chi connectivity index (χ4v) is 3.44. The third kappa shape index (κ3) is 3.62. The average molecular weight is 431 g/mol. The van der Waals surface area contributed by atoms with Crippen molar-refractivity contribution in [1.29, 1.82) is 0 Å². The molecule has 1 fully saturated rings. The van der Waals surface area contributed by atoms with Crippen LogP contribution in [0.25, 0.3) is 0 Å². The molecule has 0 aliphatic heterocycles. The highest BCUT2D eigenvalue weighted by atomic mass is 79.9. The Hall–Kier alpha value is -2.30. The molecule has 1 saturated carbocycles. The van der Waals surface area contributed by atoms with E-state index in [-0.39, 0.29) is 34.0 Å². The fraction of sp³-hybridized carbons (Fsp3) is 0.467. The van der Waals surface area contributed by atoms with Crippen molar-refractivity contribution in [2.45, 2.75) is 45.2 Å². The molecular formula is C15H17BrF2N6O2. The Balaban J connectivity index is 1.82. The summed E-state index contributed by atoms with van der Waals surface area (Å²) in [5, 5.41) is 10.4. The van der Waals surface area contributed by atoms with Crippen LogP contribution in [-0.2, 0) is 17.9 Å². The van der Waals surface area contributed by atoms with E-state index in [2.05, 4.69) is 31.4 Å².